The standard InChI is InChI=1S/C36H62O11.Na/c1-10-34(31-20(3)16-26(43-31)28-19(2)15-21(4)36(41,18-37)46-28)12-11-27(44-34)33(8)13-14-35(47-33)17-25(38)22(5)30(45-35)23(6)29(42-9)24(7)32(39)40;/h19-31,37-38,41H,10-18H2,1-9H3,(H,39,40);/q;+1/p-1/t19-,20-,21+,22-,23-,24+,25-,26-,27+,28-,29+,30+,31+,33+,34-,35+,36-;/m1./s1. The number of carboxylic acids is 1. The summed E-state index contributed by atoms with van der Waals surface area (Å²) in [4.78, 5) is 11.7. The van der Waals surface area contributed by atoms with Crippen molar-refractivity contribution in [3.8, 4) is 0 Å². The Morgan fingerprint density at radius 2 is 1.73 bits per heavy atom. The van der Waals surface area contributed by atoms with Crippen molar-refractivity contribution < 1.29 is 83.2 Å². The topological polar surface area (TPSA) is 156 Å². The van der Waals surface area contributed by atoms with Gasteiger partial charge in [0.05, 0.1) is 60.5 Å². The molecular formula is C36H61NaO11. The minimum atomic E-state index is -1.57. The zero-order valence-corrected chi connectivity index (χ0v) is 33.0. The van der Waals surface area contributed by atoms with Crippen LogP contribution < -0.4 is 34.7 Å². The predicted molar refractivity (Wildman–Crippen MR) is 170 cm³/mol. The number of hydrogen-bond acceptors (Lipinski definition) is 11. The molecule has 5 fully saturated rings. The summed E-state index contributed by atoms with van der Waals surface area (Å²) in [6, 6.07) is 0. The fourth-order valence-corrected chi connectivity index (χ4v) is 9.91. The van der Waals surface area contributed by atoms with E-state index >= 15 is 0 Å². The first-order chi connectivity index (χ1) is 22.0. The Hall–Kier alpha value is 0.110. The number of rotatable bonds is 10. The molecule has 272 valence electrons. The van der Waals surface area contributed by atoms with Crippen LogP contribution in [0, 0.1) is 35.5 Å². The van der Waals surface area contributed by atoms with Crippen molar-refractivity contribution in [2.75, 3.05) is 13.7 Å². The summed E-state index contributed by atoms with van der Waals surface area (Å²) >= 11 is 0. The quantitative estimate of drug-likeness (QED) is 0.264. The maximum Gasteiger partial charge on any atom is 1.00 e. The maximum atomic E-state index is 11.7. The van der Waals surface area contributed by atoms with Gasteiger partial charge in [-0.1, -0.05) is 48.5 Å². The van der Waals surface area contributed by atoms with Crippen LogP contribution in [0.1, 0.15) is 107 Å². The molecule has 48 heavy (non-hydrogen) atoms. The SMILES string of the molecule is CC[C@]1([C@H]2O[C@@H]([C@@H]3O[C@](O)(CO)[C@@H](C)C[C@H]3C)C[C@H]2C)CC[C@@H]([C@]2(C)CC[C@@]3(C[C@@H](O)[C@@H](C)[C@@H]([C@H](C)[C@H](OC)[C@H](C)C(=O)[O-])O3)O2)O1.[Na+]. The Kier molecular flexibility index (Phi) is 13.0. The molecule has 0 saturated carbocycles. The normalized spacial score (nSPS) is 49.8. The molecule has 0 aromatic carbocycles. The molecule has 17 atom stereocenters. The van der Waals surface area contributed by atoms with Crippen LogP contribution >= 0.6 is 0 Å². The summed E-state index contributed by atoms with van der Waals surface area (Å²) < 4.78 is 39.3. The Balaban J connectivity index is 0.00000520. The smallest absolute Gasteiger partial charge is 0.550 e. The third kappa shape index (κ3) is 7.33. The Morgan fingerprint density at radius 1 is 1.04 bits per heavy atom. The molecule has 5 heterocycles. The minimum absolute atomic E-state index is 0. The second-order valence-electron chi connectivity index (χ2n) is 16.3. The minimum Gasteiger partial charge on any atom is -0.550 e. The van der Waals surface area contributed by atoms with E-state index in [1.807, 2.05) is 20.8 Å². The number of hydrogen-bond donors (Lipinski definition) is 3. The maximum absolute atomic E-state index is 11.7. The number of ether oxygens (including phenoxy) is 6. The first-order valence-electron chi connectivity index (χ1n) is 18.1. The molecule has 5 rings (SSSR count). The molecule has 12 heteroatoms. The van der Waals surface area contributed by atoms with Gasteiger partial charge in [0.2, 0.25) is 0 Å². The summed E-state index contributed by atoms with van der Waals surface area (Å²) in [5.74, 6) is -4.97. The fourth-order valence-electron chi connectivity index (χ4n) is 9.91. The average Bonchev–Trinajstić information content (AvgIpc) is 3.73. The monoisotopic (exact) mass is 692 g/mol. The van der Waals surface area contributed by atoms with E-state index in [1.165, 1.54) is 7.11 Å². The van der Waals surface area contributed by atoms with Crippen molar-refractivity contribution in [2.24, 2.45) is 35.5 Å². The molecular weight excluding hydrogens is 631 g/mol. The molecule has 3 N–H and O–H groups in total. The average molecular weight is 693 g/mol. The number of aliphatic hydroxyl groups is 3. The van der Waals surface area contributed by atoms with Crippen LogP contribution in [0.5, 0.6) is 0 Å². The Labute approximate surface area is 309 Å². The van der Waals surface area contributed by atoms with Gasteiger partial charge in [-0.05, 0) is 57.3 Å². The van der Waals surface area contributed by atoms with Gasteiger partial charge in [0.25, 0.3) is 0 Å². The molecule has 5 saturated heterocycles. The first kappa shape index (κ1) is 40.9. The summed E-state index contributed by atoms with van der Waals surface area (Å²) in [5, 5.41) is 43.9. The molecule has 5 aliphatic rings. The number of methoxy groups -OCH3 is 1. The van der Waals surface area contributed by atoms with Crippen molar-refractivity contribution in [1.29, 1.82) is 0 Å². The van der Waals surface area contributed by atoms with Gasteiger partial charge in [-0.25, -0.2) is 0 Å². The first-order valence-corrected chi connectivity index (χ1v) is 18.1. The number of aliphatic hydroxyl groups excluding tert-OH is 2. The van der Waals surface area contributed by atoms with Crippen LogP contribution in [0.25, 0.3) is 0 Å². The molecule has 0 aromatic heterocycles. The molecule has 0 aromatic rings. The van der Waals surface area contributed by atoms with Gasteiger partial charge in [0.1, 0.15) is 0 Å². The predicted octanol–water partition coefficient (Wildman–Crippen LogP) is -0.0578. The van der Waals surface area contributed by atoms with E-state index in [9.17, 15) is 25.2 Å². The summed E-state index contributed by atoms with van der Waals surface area (Å²) in [7, 11) is 1.50. The molecule has 0 radical (unpaired) electrons. The molecule has 11 nitrogen and oxygen atoms in total. The number of carboxylic acid groups (broad SMARTS) is 1. The third-order valence-corrected chi connectivity index (χ3v) is 13.0. The fraction of sp³-hybridized carbons (Fsp3) is 0.972. The van der Waals surface area contributed by atoms with Crippen LogP contribution in [0.3, 0.4) is 0 Å². The second kappa shape index (κ2) is 15.2. The van der Waals surface area contributed by atoms with Crippen molar-refractivity contribution in [1.82, 2.24) is 0 Å². The van der Waals surface area contributed by atoms with Gasteiger partial charge in [-0.2, -0.15) is 0 Å². The van der Waals surface area contributed by atoms with Gasteiger partial charge in [0.15, 0.2) is 11.6 Å². The zero-order valence-electron chi connectivity index (χ0n) is 31.0. The van der Waals surface area contributed by atoms with Crippen molar-refractivity contribution in [2.45, 2.75) is 172 Å². The van der Waals surface area contributed by atoms with Gasteiger partial charge in [-0.15, -0.1) is 0 Å². The van der Waals surface area contributed by atoms with Gasteiger partial charge in [0, 0.05) is 49.6 Å². The molecule has 0 unspecified atom stereocenters. The van der Waals surface area contributed by atoms with Crippen LogP contribution in [-0.2, 0) is 33.2 Å². The van der Waals surface area contributed by atoms with Crippen LogP contribution in [0.15, 0.2) is 0 Å². The Morgan fingerprint density at radius 3 is 2.33 bits per heavy atom. The largest absolute Gasteiger partial charge is 1.00 e. The summed E-state index contributed by atoms with van der Waals surface area (Å²) in [6.07, 6.45) is 2.81. The molecule has 1 spiro atoms. The van der Waals surface area contributed by atoms with Crippen LogP contribution in [0.2, 0.25) is 0 Å². The summed E-state index contributed by atoms with van der Waals surface area (Å²) in [5.41, 5.74) is -1.16. The van der Waals surface area contributed by atoms with Crippen molar-refractivity contribution in [3.05, 3.63) is 0 Å². The van der Waals surface area contributed by atoms with E-state index in [0.29, 0.717) is 19.3 Å². The van der Waals surface area contributed by atoms with E-state index in [-0.39, 0.29) is 83.6 Å². The molecule has 0 amide bonds. The van der Waals surface area contributed by atoms with E-state index in [2.05, 4.69) is 27.7 Å². The van der Waals surface area contributed by atoms with E-state index in [0.717, 1.165) is 32.1 Å². The molecule has 0 aliphatic carbocycles. The van der Waals surface area contributed by atoms with E-state index < -0.39 is 59.6 Å². The third-order valence-electron chi connectivity index (χ3n) is 13.0. The number of aliphatic carboxylic acids is 1. The van der Waals surface area contributed by atoms with Crippen LogP contribution in [0.4, 0.5) is 0 Å². The van der Waals surface area contributed by atoms with Gasteiger partial charge < -0.3 is 53.6 Å². The summed E-state index contributed by atoms with van der Waals surface area (Å²) in [6.45, 7) is 15.4. The molecule has 0 bridgehead atoms. The van der Waals surface area contributed by atoms with Crippen LogP contribution in [-0.4, -0.2) is 101 Å². The van der Waals surface area contributed by atoms with Crippen molar-refractivity contribution >= 4 is 5.97 Å². The number of carbonyl (C=O) groups is 1. The van der Waals surface area contributed by atoms with Gasteiger partial charge >= 0.3 is 29.6 Å². The van der Waals surface area contributed by atoms with E-state index in [4.69, 9.17) is 28.4 Å². The van der Waals surface area contributed by atoms with E-state index in [1.54, 1.807) is 6.92 Å². The Bertz CT molecular complexity index is 1110. The van der Waals surface area contributed by atoms with Crippen molar-refractivity contribution in [3.63, 3.8) is 0 Å². The van der Waals surface area contributed by atoms with Gasteiger partial charge in [-0.3, -0.25) is 0 Å². The zero-order chi connectivity index (χ0) is 34.7. The number of carbonyl (C=O) groups excluding carboxylic acids is 1. The second-order valence-corrected chi connectivity index (χ2v) is 16.3. The molecule has 5 aliphatic heterocycles.